The SMILES string of the molecule is Nc1nc2c(O)cc(C#CCNc3ccccc3NC(=O)CCC3CCCC3)cc2s1. The maximum atomic E-state index is 12.4. The van der Waals surface area contributed by atoms with Crippen LogP contribution in [0.5, 0.6) is 5.75 Å². The van der Waals surface area contributed by atoms with Gasteiger partial charge in [-0.25, -0.2) is 4.98 Å². The summed E-state index contributed by atoms with van der Waals surface area (Å²) in [6.07, 6.45) is 6.64. The van der Waals surface area contributed by atoms with Crippen LogP contribution in [-0.4, -0.2) is 22.5 Å². The number of aromatic nitrogens is 1. The smallest absolute Gasteiger partial charge is 0.224 e. The number of hydrogen-bond donors (Lipinski definition) is 4. The molecule has 1 aliphatic carbocycles. The van der Waals surface area contributed by atoms with Gasteiger partial charge < -0.3 is 21.5 Å². The molecule has 0 radical (unpaired) electrons. The number of nitrogens with one attached hydrogen (secondary N) is 2. The number of phenols is 1. The van der Waals surface area contributed by atoms with Gasteiger partial charge in [0.1, 0.15) is 11.3 Å². The van der Waals surface area contributed by atoms with Gasteiger partial charge in [0.15, 0.2) is 5.13 Å². The Labute approximate surface area is 185 Å². The molecule has 1 saturated carbocycles. The molecular formula is C24H26N4O2S. The Morgan fingerprint density at radius 2 is 2.00 bits per heavy atom. The van der Waals surface area contributed by atoms with Gasteiger partial charge in [-0.2, -0.15) is 0 Å². The molecule has 1 aliphatic rings. The summed E-state index contributed by atoms with van der Waals surface area (Å²) in [5, 5.41) is 16.8. The molecule has 0 spiro atoms. The summed E-state index contributed by atoms with van der Waals surface area (Å²) in [4.78, 5) is 16.5. The Morgan fingerprint density at radius 1 is 1.23 bits per heavy atom. The Kier molecular flexibility index (Phi) is 6.58. The van der Waals surface area contributed by atoms with Crippen LogP contribution >= 0.6 is 11.3 Å². The second-order valence-electron chi connectivity index (χ2n) is 7.83. The lowest BCUT2D eigenvalue weighted by Gasteiger charge is -2.13. The highest BCUT2D eigenvalue weighted by Crippen LogP contribution is 2.31. The third-order valence-electron chi connectivity index (χ3n) is 5.55. The number of nitrogens with two attached hydrogens (primary N) is 1. The zero-order valence-electron chi connectivity index (χ0n) is 17.3. The first-order valence-corrected chi connectivity index (χ1v) is 11.4. The first kappa shape index (κ1) is 21.0. The fourth-order valence-electron chi connectivity index (χ4n) is 3.98. The summed E-state index contributed by atoms with van der Waals surface area (Å²) in [6, 6.07) is 11.1. The van der Waals surface area contributed by atoms with Crippen molar-refractivity contribution in [1.29, 1.82) is 0 Å². The summed E-state index contributed by atoms with van der Waals surface area (Å²) in [7, 11) is 0. The second kappa shape index (κ2) is 9.71. The van der Waals surface area contributed by atoms with Crippen LogP contribution in [0.1, 0.15) is 44.1 Å². The van der Waals surface area contributed by atoms with Gasteiger partial charge in [0.2, 0.25) is 5.91 Å². The van der Waals surface area contributed by atoms with E-state index in [-0.39, 0.29) is 11.7 Å². The van der Waals surface area contributed by atoms with Gasteiger partial charge in [-0.05, 0) is 36.6 Å². The van der Waals surface area contributed by atoms with Gasteiger partial charge in [0, 0.05) is 12.0 Å². The van der Waals surface area contributed by atoms with Crippen molar-refractivity contribution in [3.8, 4) is 17.6 Å². The summed E-state index contributed by atoms with van der Waals surface area (Å²) < 4.78 is 0.806. The molecule has 0 aliphatic heterocycles. The van der Waals surface area contributed by atoms with Crippen molar-refractivity contribution in [1.82, 2.24) is 4.98 Å². The highest BCUT2D eigenvalue weighted by molar-refractivity contribution is 7.22. The van der Waals surface area contributed by atoms with Crippen LogP contribution < -0.4 is 16.4 Å². The van der Waals surface area contributed by atoms with E-state index in [0.29, 0.717) is 35.1 Å². The van der Waals surface area contributed by atoms with Gasteiger partial charge in [0.05, 0.1) is 22.6 Å². The summed E-state index contributed by atoms with van der Waals surface area (Å²) >= 11 is 1.32. The molecule has 31 heavy (non-hydrogen) atoms. The van der Waals surface area contributed by atoms with Crippen molar-refractivity contribution in [3.63, 3.8) is 0 Å². The molecule has 2 aromatic carbocycles. The van der Waals surface area contributed by atoms with E-state index in [4.69, 9.17) is 5.73 Å². The summed E-state index contributed by atoms with van der Waals surface area (Å²) in [5.41, 5.74) is 8.51. The van der Waals surface area contributed by atoms with Crippen LogP contribution in [0.3, 0.4) is 0 Å². The van der Waals surface area contributed by atoms with E-state index in [1.54, 1.807) is 6.07 Å². The normalized spacial score (nSPS) is 13.7. The number of para-hydroxylation sites is 2. The number of benzene rings is 2. The van der Waals surface area contributed by atoms with E-state index in [9.17, 15) is 9.90 Å². The lowest BCUT2D eigenvalue weighted by molar-refractivity contribution is -0.116. The Morgan fingerprint density at radius 3 is 2.81 bits per heavy atom. The van der Waals surface area contributed by atoms with Crippen molar-refractivity contribution in [2.75, 3.05) is 22.9 Å². The zero-order chi connectivity index (χ0) is 21.6. The van der Waals surface area contributed by atoms with Crippen LogP contribution in [-0.2, 0) is 4.79 Å². The van der Waals surface area contributed by atoms with E-state index in [2.05, 4.69) is 27.5 Å². The number of hydrogen-bond acceptors (Lipinski definition) is 6. The van der Waals surface area contributed by atoms with Crippen LogP contribution in [0.25, 0.3) is 10.2 Å². The molecule has 1 amide bonds. The molecule has 6 nitrogen and oxygen atoms in total. The molecule has 1 heterocycles. The quantitative estimate of drug-likeness (QED) is 0.411. The van der Waals surface area contributed by atoms with Crippen molar-refractivity contribution < 1.29 is 9.90 Å². The maximum Gasteiger partial charge on any atom is 0.224 e. The highest BCUT2D eigenvalue weighted by Gasteiger charge is 2.16. The van der Waals surface area contributed by atoms with Gasteiger partial charge in [-0.1, -0.05) is 61.0 Å². The van der Waals surface area contributed by atoms with Gasteiger partial charge in [-0.3, -0.25) is 4.79 Å². The average molecular weight is 435 g/mol. The molecule has 5 N–H and O–H groups in total. The minimum Gasteiger partial charge on any atom is -0.506 e. The van der Waals surface area contributed by atoms with E-state index in [0.717, 1.165) is 22.5 Å². The largest absolute Gasteiger partial charge is 0.506 e. The Hall–Kier alpha value is -3.24. The number of carbonyl (C=O) groups is 1. The van der Waals surface area contributed by atoms with Crippen LogP contribution in [0.15, 0.2) is 36.4 Å². The van der Waals surface area contributed by atoms with Gasteiger partial charge in [0.25, 0.3) is 0 Å². The minimum atomic E-state index is 0.0554. The van der Waals surface area contributed by atoms with Gasteiger partial charge in [-0.15, -0.1) is 0 Å². The zero-order valence-corrected chi connectivity index (χ0v) is 18.1. The molecule has 4 rings (SSSR count). The Balaban J connectivity index is 1.35. The molecule has 3 aromatic rings. The molecule has 1 aromatic heterocycles. The molecule has 7 heteroatoms. The number of nitrogens with zero attached hydrogens (tertiary/aromatic N) is 1. The highest BCUT2D eigenvalue weighted by atomic mass is 32.1. The standard InChI is InChI=1S/C24H26N4O2S/c25-24-28-23-20(29)14-17(15-21(23)31-24)8-5-13-26-18-9-3-4-10-19(18)27-22(30)12-11-16-6-1-2-7-16/h3-4,9-10,14-16,26,29H,1-2,6-7,11-13H2,(H2,25,28)(H,27,30). The number of nitrogen functional groups attached to an aromatic ring is 1. The topological polar surface area (TPSA) is 100 Å². The number of thiazole rings is 1. The third-order valence-corrected chi connectivity index (χ3v) is 6.38. The van der Waals surface area contributed by atoms with Crippen molar-refractivity contribution in [2.24, 2.45) is 5.92 Å². The number of amides is 1. The van der Waals surface area contributed by atoms with Crippen molar-refractivity contribution >= 4 is 44.0 Å². The van der Waals surface area contributed by atoms with E-state index in [1.807, 2.05) is 30.3 Å². The summed E-state index contributed by atoms with van der Waals surface area (Å²) in [6.45, 7) is 0.401. The van der Waals surface area contributed by atoms with Crippen molar-refractivity contribution in [2.45, 2.75) is 38.5 Å². The molecule has 160 valence electrons. The van der Waals surface area contributed by atoms with Crippen molar-refractivity contribution in [3.05, 3.63) is 42.0 Å². The average Bonchev–Trinajstić information content (AvgIpc) is 3.40. The van der Waals surface area contributed by atoms with E-state index >= 15 is 0 Å². The predicted molar refractivity (Wildman–Crippen MR) is 127 cm³/mol. The molecule has 0 bridgehead atoms. The number of anilines is 3. The minimum absolute atomic E-state index is 0.0554. The summed E-state index contributed by atoms with van der Waals surface area (Å²) in [5.74, 6) is 6.94. The monoisotopic (exact) mass is 434 g/mol. The lowest BCUT2D eigenvalue weighted by Crippen LogP contribution is -2.14. The number of phenolic OH excluding ortho intramolecular Hbond substituents is 1. The van der Waals surface area contributed by atoms with Crippen LogP contribution in [0.2, 0.25) is 0 Å². The van der Waals surface area contributed by atoms with Crippen LogP contribution in [0, 0.1) is 17.8 Å². The third kappa shape index (κ3) is 5.47. The second-order valence-corrected chi connectivity index (χ2v) is 8.89. The first-order chi connectivity index (χ1) is 15.1. The number of rotatable bonds is 6. The maximum absolute atomic E-state index is 12.4. The first-order valence-electron chi connectivity index (χ1n) is 10.6. The molecular weight excluding hydrogens is 408 g/mol. The van der Waals surface area contributed by atoms with E-state index < -0.39 is 0 Å². The fourth-order valence-corrected chi connectivity index (χ4v) is 4.78. The number of aromatic hydroxyl groups is 1. The molecule has 0 unspecified atom stereocenters. The number of carbonyl (C=O) groups excluding carboxylic acids is 1. The predicted octanol–water partition coefficient (Wildman–Crippen LogP) is 4.96. The van der Waals surface area contributed by atoms with E-state index in [1.165, 1.54) is 37.0 Å². The fraction of sp³-hybridized carbons (Fsp3) is 0.333. The van der Waals surface area contributed by atoms with Gasteiger partial charge >= 0.3 is 0 Å². The molecule has 1 fully saturated rings. The Bertz CT molecular complexity index is 1140. The lowest BCUT2D eigenvalue weighted by atomic mass is 10.0. The van der Waals surface area contributed by atoms with Crippen LogP contribution in [0.4, 0.5) is 16.5 Å². The number of fused-ring (bicyclic) bond motifs is 1. The molecule has 0 atom stereocenters. The molecule has 0 saturated heterocycles.